The van der Waals surface area contributed by atoms with Gasteiger partial charge in [0.05, 0.1) is 11.9 Å². The number of carbonyl (C=O) groups is 1. The minimum Gasteiger partial charge on any atom is -0.372 e. The van der Waals surface area contributed by atoms with Gasteiger partial charge >= 0.3 is 0 Å². The molecule has 6 nitrogen and oxygen atoms in total. The van der Waals surface area contributed by atoms with E-state index in [-0.39, 0.29) is 12.5 Å². The second-order valence-electron chi connectivity index (χ2n) is 7.55. The van der Waals surface area contributed by atoms with E-state index >= 15 is 0 Å². The highest BCUT2D eigenvalue weighted by Crippen LogP contribution is 2.23. The van der Waals surface area contributed by atoms with Gasteiger partial charge in [0, 0.05) is 24.5 Å². The summed E-state index contributed by atoms with van der Waals surface area (Å²) in [6.45, 7) is 3.68. The van der Waals surface area contributed by atoms with Crippen molar-refractivity contribution in [1.82, 2.24) is 0 Å². The van der Waals surface area contributed by atoms with Gasteiger partial charge in [0.15, 0.2) is 0 Å². The Bertz CT molecular complexity index is 934. The highest BCUT2D eigenvalue weighted by Gasteiger charge is 2.22. The van der Waals surface area contributed by atoms with E-state index in [1.165, 1.54) is 25.7 Å². The minimum atomic E-state index is -3.59. The smallest absolute Gasteiger partial charge is 0.245 e. The Morgan fingerprint density at radius 2 is 1.62 bits per heavy atom. The van der Waals surface area contributed by atoms with E-state index in [1.54, 1.807) is 12.1 Å². The number of benzene rings is 2. The molecule has 0 saturated carbocycles. The van der Waals surface area contributed by atoms with Crippen LogP contribution in [-0.4, -0.2) is 40.2 Å². The second-order valence-corrected chi connectivity index (χ2v) is 9.46. The topological polar surface area (TPSA) is 69.7 Å². The zero-order valence-electron chi connectivity index (χ0n) is 17.1. The first-order chi connectivity index (χ1) is 13.8. The minimum absolute atomic E-state index is 0.266. The van der Waals surface area contributed by atoms with Crippen LogP contribution in [0.3, 0.4) is 0 Å². The van der Waals surface area contributed by atoms with Crippen molar-refractivity contribution in [2.75, 3.05) is 40.4 Å². The summed E-state index contributed by atoms with van der Waals surface area (Å²) in [5.74, 6) is -0.374. The molecule has 0 bridgehead atoms. The van der Waals surface area contributed by atoms with Gasteiger partial charge < -0.3 is 10.2 Å². The number of hydrogen-bond acceptors (Lipinski definition) is 4. The van der Waals surface area contributed by atoms with Crippen LogP contribution in [-0.2, 0) is 14.8 Å². The van der Waals surface area contributed by atoms with Gasteiger partial charge in [0.2, 0.25) is 15.9 Å². The molecule has 1 saturated heterocycles. The van der Waals surface area contributed by atoms with Crippen molar-refractivity contribution in [1.29, 1.82) is 0 Å². The van der Waals surface area contributed by atoms with Gasteiger partial charge in [-0.15, -0.1) is 0 Å². The summed E-state index contributed by atoms with van der Waals surface area (Å²) in [6, 6.07) is 14.9. The van der Waals surface area contributed by atoms with E-state index in [4.69, 9.17) is 0 Å². The lowest BCUT2D eigenvalue weighted by Crippen LogP contribution is -2.37. The molecule has 1 aliphatic heterocycles. The van der Waals surface area contributed by atoms with Crippen molar-refractivity contribution in [3.63, 3.8) is 0 Å². The third-order valence-electron chi connectivity index (χ3n) is 5.19. The summed E-state index contributed by atoms with van der Waals surface area (Å²) in [5, 5.41) is 2.81. The largest absolute Gasteiger partial charge is 0.372 e. The van der Waals surface area contributed by atoms with Crippen LogP contribution in [0.5, 0.6) is 0 Å². The summed E-state index contributed by atoms with van der Waals surface area (Å²) in [6.07, 6.45) is 6.09. The van der Waals surface area contributed by atoms with E-state index in [0.29, 0.717) is 11.4 Å². The molecule has 0 radical (unpaired) electrons. The maximum absolute atomic E-state index is 12.6. The van der Waals surface area contributed by atoms with Crippen molar-refractivity contribution >= 4 is 33.0 Å². The van der Waals surface area contributed by atoms with E-state index in [9.17, 15) is 13.2 Å². The zero-order valence-corrected chi connectivity index (χ0v) is 17.9. The molecule has 156 valence electrons. The van der Waals surface area contributed by atoms with Gasteiger partial charge in [-0.3, -0.25) is 9.10 Å². The Morgan fingerprint density at radius 3 is 2.21 bits per heavy atom. The van der Waals surface area contributed by atoms with Crippen LogP contribution in [0.2, 0.25) is 0 Å². The Morgan fingerprint density at radius 1 is 1.00 bits per heavy atom. The summed E-state index contributed by atoms with van der Waals surface area (Å²) < 4.78 is 25.7. The van der Waals surface area contributed by atoms with Gasteiger partial charge in [-0.25, -0.2) is 8.42 Å². The monoisotopic (exact) mass is 415 g/mol. The summed E-state index contributed by atoms with van der Waals surface area (Å²) >= 11 is 0. The first-order valence-electron chi connectivity index (χ1n) is 10.0. The Hall–Kier alpha value is -2.54. The number of amides is 1. The van der Waals surface area contributed by atoms with Crippen LogP contribution in [0.1, 0.15) is 31.2 Å². The molecule has 7 heteroatoms. The quantitative estimate of drug-likeness (QED) is 0.780. The highest BCUT2D eigenvalue weighted by atomic mass is 32.2. The molecule has 0 spiro atoms. The highest BCUT2D eigenvalue weighted by molar-refractivity contribution is 7.92. The van der Waals surface area contributed by atoms with Crippen LogP contribution >= 0.6 is 0 Å². The number of para-hydroxylation sites is 1. The first kappa shape index (κ1) is 21.2. The average Bonchev–Trinajstić information content (AvgIpc) is 2.96. The molecule has 2 aromatic rings. The maximum atomic E-state index is 12.6. The summed E-state index contributed by atoms with van der Waals surface area (Å²) in [5.41, 5.74) is 3.13. The summed E-state index contributed by atoms with van der Waals surface area (Å²) in [4.78, 5) is 14.9. The fraction of sp³-hybridized carbons (Fsp3) is 0.409. The molecule has 1 N–H and O–H groups in total. The van der Waals surface area contributed by atoms with Crippen molar-refractivity contribution in [2.24, 2.45) is 0 Å². The zero-order chi connectivity index (χ0) is 20.9. The normalized spacial score (nSPS) is 14.9. The van der Waals surface area contributed by atoms with Crippen LogP contribution in [0.15, 0.2) is 48.5 Å². The van der Waals surface area contributed by atoms with E-state index in [0.717, 1.165) is 34.9 Å². The molecule has 1 fully saturated rings. The lowest BCUT2D eigenvalue weighted by molar-refractivity contribution is -0.114. The van der Waals surface area contributed by atoms with Crippen LogP contribution < -0.4 is 14.5 Å². The molecule has 1 amide bonds. The molecule has 0 unspecified atom stereocenters. The van der Waals surface area contributed by atoms with Gasteiger partial charge in [-0.2, -0.15) is 0 Å². The van der Waals surface area contributed by atoms with Gasteiger partial charge in [-0.1, -0.05) is 31.0 Å². The average molecular weight is 416 g/mol. The lowest BCUT2D eigenvalue weighted by Gasteiger charge is -2.24. The number of aryl methyl sites for hydroxylation is 1. The third-order valence-corrected chi connectivity index (χ3v) is 6.32. The molecule has 0 atom stereocenters. The molecule has 2 aromatic carbocycles. The van der Waals surface area contributed by atoms with Crippen LogP contribution in [0.4, 0.5) is 17.1 Å². The van der Waals surface area contributed by atoms with E-state index in [1.807, 2.05) is 43.3 Å². The Balaban J connectivity index is 1.68. The molecule has 3 rings (SSSR count). The van der Waals surface area contributed by atoms with E-state index < -0.39 is 10.0 Å². The molecule has 0 aliphatic carbocycles. The number of nitrogens with zero attached hydrogens (tertiary/aromatic N) is 2. The van der Waals surface area contributed by atoms with E-state index in [2.05, 4.69) is 10.2 Å². The second kappa shape index (κ2) is 9.31. The predicted molar refractivity (Wildman–Crippen MR) is 119 cm³/mol. The number of sulfonamides is 1. The van der Waals surface area contributed by atoms with Crippen molar-refractivity contribution in [3.8, 4) is 0 Å². The molecule has 1 aliphatic rings. The fourth-order valence-corrected chi connectivity index (χ4v) is 4.55. The third kappa shape index (κ3) is 5.73. The Labute approximate surface area is 173 Å². The van der Waals surface area contributed by atoms with Crippen molar-refractivity contribution in [2.45, 2.75) is 32.6 Å². The fourth-order valence-electron chi connectivity index (χ4n) is 3.64. The maximum Gasteiger partial charge on any atom is 0.245 e. The van der Waals surface area contributed by atoms with Crippen LogP contribution in [0, 0.1) is 6.92 Å². The number of rotatable bonds is 6. The van der Waals surface area contributed by atoms with Gasteiger partial charge in [0.1, 0.15) is 6.54 Å². The van der Waals surface area contributed by atoms with Crippen molar-refractivity contribution in [3.05, 3.63) is 54.1 Å². The van der Waals surface area contributed by atoms with Crippen molar-refractivity contribution < 1.29 is 13.2 Å². The number of nitrogens with one attached hydrogen (secondary N) is 1. The number of hydrogen-bond donors (Lipinski definition) is 1. The van der Waals surface area contributed by atoms with Crippen LogP contribution in [0.25, 0.3) is 0 Å². The lowest BCUT2D eigenvalue weighted by atomic mass is 10.2. The molecule has 0 aromatic heterocycles. The predicted octanol–water partition coefficient (Wildman–Crippen LogP) is 3.78. The Kier molecular flexibility index (Phi) is 6.79. The van der Waals surface area contributed by atoms with Gasteiger partial charge in [-0.05, 0) is 55.7 Å². The first-order valence-corrected chi connectivity index (χ1v) is 11.9. The molecule has 29 heavy (non-hydrogen) atoms. The van der Waals surface area contributed by atoms with Gasteiger partial charge in [0.25, 0.3) is 0 Å². The summed E-state index contributed by atoms with van der Waals surface area (Å²) in [7, 11) is -3.59. The number of anilines is 3. The number of carbonyl (C=O) groups excluding carboxylic acids is 1. The standard InChI is InChI=1S/C22H29N3O3S/c1-18-9-5-6-10-21(18)25(29(2,27)28)17-22(26)23-19-11-13-20(14-12-19)24-15-7-3-4-8-16-24/h5-6,9-14H,3-4,7-8,15-17H2,1-2H3,(H,23,26). The molecular weight excluding hydrogens is 386 g/mol. The molecule has 1 heterocycles. The molecular formula is C22H29N3O3S. The SMILES string of the molecule is Cc1ccccc1N(CC(=O)Nc1ccc(N2CCCCCC2)cc1)S(C)(=O)=O.